The molecule has 0 fully saturated rings. The standard InChI is InChI=1S/C23H16BrN3O3/c24-17-8-6-15(7-9-17)22(28)27-20-11-10-18-16(13-25-21(18)26-20)12-19(23(29)30)14-4-2-1-3-5-14/h1-13H,(H,29,30)(H2,25,26,27,28)/b19-12+. The Hall–Kier alpha value is -3.71. The van der Waals surface area contributed by atoms with Crippen molar-refractivity contribution in [1.82, 2.24) is 9.97 Å². The van der Waals surface area contributed by atoms with Gasteiger partial charge in [0, 0.05) is 27.2 Å². The van der Waals surface area contributed by atoms with Crippen LogP contribution in [0.4, 0.5) is 5.82 Å². The average molecular weight is 462 g/mol. The van der Waals surface area contributed by atoms with Gasteiger partial charge >= 0.3 is 5.97 Å². The predicted octanol–water partition coefficient (Wildman–Crippen LogP) is 5.20. The second-order valence-corrected chi connectivity index (χ2v) is 7.44. The number of pyridine rings is 1. The summed E-state index contributed by atoms with van der Waals surface area (Å²) in [6.07, 6.45) is 3.31. The van der Waals surface area contributed by atoms with Gasteiger partial charge in [-0.3, -0.25) is 4.79 Å². The first-order chi connectivity index (χ1) is 14.5. The molecule has 2 aromatic heterocycles. The quantitative estimate of drug-likeness (QED) is 0.355. The summed E-state index contributed by atoms with van der Waals surface area (Å²) in [6.45, 7) is 0. The van der Waals surface area contributed by atoms with Gasteiger partial charge in [0.2, 0.25) is 0 Å². The van der Waals surface area contributed by atoms with Crippen molar-refractivity contribution in [2.24, 2.45) is 0 Å². The van der Waals surface area contributed by atoms with Crippen molar-refractivity contribution in [3.63, 3.8) is 0 Å². The van der Waals surface area contributed by atoms with Gasteiger partial charge in [0.05, 0.1) is 5.57 Å². The van der Waals surface area contributed by atoms with Crippen LogP contribution in [0.25, 0.3) is 22.7 Å². The van der Waals surface area contributed by atoms with Crippen LogP contribution in [-0.2, 0) is 4.79 Å². The number of aromatic amines is 1. The maximum absolute atomic E-state index is 12.4. The normalized spacial score (nSPS) is 11.4. The number of aliphatic carboxylic acids is 1. The minimum atomic E-state index is -1.01. The Morgan fingerprint density at radius 2 is 1.70 bits per heavy atom. The number of carbonyl (C=O) groups is 2. The van der Waals surface area contributed by atoms with E-state index in [0.717, 1.165) is 9.86 Å². The Bertz CT molecular complexity index is 1260. The van der Waals surface area contributed by atoms with Crippen LogP contribution in [0.15, 0.2) is 77.4 Å². The highest BCUT2D eigenvalue weighted by molar-refractivity contribution is 9.10. The molecule has 148 valence electrons. The van der Waals surface area contributed by atoms with Crippen LogP contribution < -0.4 is 5.32 Å². The molecule has 4 rings (SSSR count). The largest absolute Gasteiger partial charge is 0.478 e. The number of hydrogen-bond acceptors (Lipinski definition) is 3. The molecule has 30 heavy (non-hydrogen) atoms. The maximum atomic E-state index is 12.4. The number of carboxylic acids is 1. The van der Waals surface area contributed by atoms with Crippen molar-refractivity contribution in [2.75, 3.05) is 5.32 Å². The Morgan fingerprint density at radius 1 is 0.967 bits per heavy atom. The van der Waals surface area contributed by atoms with Crippen molar-refractivity contribution in [3.05, 3.63) is 94.1 Å². The van der Waals surface area contributed by atoms with Crippen LogP contribution >= 0.6 is 15.9 Å². The summed E-state index contributed by atoms with van der Waals surface area (Å²) in [5.74, 6) is -0.880. The van der Waals surface area contributed by atoms with Crippen LogP contribution in [0, 0.1) is 0 Å². The molecule has 0 bridgehead atoms. The Kier molecular flexibility index (Phi) is 5.45. The molecule has 0 radical (unpaired) electrons. The molecular weight excluding hydrogens is 446 g/mol. The van der Waals surface area contributed by atoms with Gasteiger partial charge in [-0.05, 0) is 48.0 Å². The van der Waals surface area contributed by atoms with Gasteiger partial charge in [0.1, 0.15) is 11.5 Å². The molecule has 0 saturated heterocycles. The smallest absolute Gasteiger partial charge is 0.336 e. The number of amides is 1. The van der Waals surface area contributed by atoms with Crippen LogP contribution in [0.5, 0.6) is 0 Å². The molecule has 0 aliphatic heterocycles. The second kappa shape index (κ2) is 8.34. The number of fused-ring (bicyclic) bond motifs is 1. The van der Waals surface area contributed by atoms with E-state index in [2.05, 4.69) is 31.2 Å². The zero-order valence-electron chi connectivity index (χ0n) is 15.6. The van der Waals surface area contributed by atoms with Crippen LogP contribution in [0.2, 0.25) is 0 Å². The molecule has 0 atom stereocenters. The maximum Gasteiger partial charge on any atom is 0.336 e. The number of H-pyrrole nitrogens is 1. The number of carbonyl (C=O) groups excluding carboxylic acids is 1. The number of nitrogens with one attached hydrogen (secondary N) is 2. The lowest BCUT2D eigenvalue weighted by molar-refractivity contribution is -0.130. The first kappa shape index (κ1) is 19.6. The van der Waals surface area contributed by atoms with E-state index in [-0.39, 0.29) is 11.5 Å². The molecule has 2 aromatic carbocycles. The number of nitrogens with zero attached hydrogens (tertiary/aromatic N) is 1. The molecule has 0 aliphatic carbocycles. The average Bonchev–Trinajstić information content (AvgIpc) is 3.15. The lowest BCUT2D eigenvalue weighted by Gasteiger charge is -2.05. The van der Waals surface area contributed by atoms with Gasteiger partial charge in [-0.1, -0.05) is 46.3 Å². The number of carboxylic acid groups (broad SMARTS) is 1. The fraction of sp³-hybridized carbons (Fsp3) is 0. The van der Waals surface area contributed by atoms with E-state index in [1.807, 2.05) is 6.07 Å². The Balaban J connectivity index is 1.63. The fourth-order valence-electron chi connectivity index (χ4n) is 3.05. The monoisotopic (exact) mass is 461 g/mol. The van der Waals surface area contributed by atoms with E-state index in [0.29, 0.717) is 28.2 Å². The summed E-state index contributed by atoms with van der Waals surface area (Å²) in [4.78, 5) is 31.6. The van der Waals surface area contributed by atoms with Gasteiger partial charge < -0.3 is 15.4 Å². The van der Waals surface area contributed by atoms with E-state index < -0.39 is 5.97 Å². The number of anilines is 1. The Labute approximate surface area is 180 Å². The molecule has 6 nitrogen and oxygen atoms in total. The van der Waals surface area contributed by atoms with Crippen LogP contribution in [0.3, 0.4) is 0 Å². The SMILES string of the molecule is O=C(O)/C(=C/c1c[nH]c2nc(NC(=O)c3ccc(Br)cc3)ccc12)c1ccccc1. The van der Waals surface area contributed by atoms with E-state index in [4.69, 9.17) is 0 Å². The van der Waals surface area contributed by atoms with Crippen molar-refractivity contribution < 1.29 is 14.7 Å². The third kappa shape index (κ3) is 4.16. The number of rotatable bonds is 5. The van der Waals surface area contributed by atoms with Crippen molar-refractivity contribution in [1.29, 1.82) is 0 Å². The van der Waals surface area contributed by atoms with E-state index in [1.54, 1.807) is 72.9 Å². The number of benzene rings is 2. The van der Waals surface area contributed by atoms with Crippen molar-refractivity contribution >= 4 is 56.3 Å². The molecule has 3 N–H and O–H groups in total. The lowest BCUT2D eigenvalue weighted by Crippen LogP contribution is -2.12. The van der Waals surface area contributed by atoms with Gasteiger partial charge in [-0.2, -0.15) is 0 Å². The first-order valence-corrected chi connectivity index (χ1v) is 9.86. The van der Waals surface area contributed by atoms with Gasteiger partial charge in [0.25, 0.3) is 5.91 Å². The highest BCUT2D eigenvalue weighted by Crippen LogP contribution is 2.25. The molecule has 1 amide bonds. The summed E-state index contributed by atoms with van der Waals surface area (Å²) < 4.78 is 0.891. The molecule has 4 aromatic rings. The summed E-state index contributed by atoms with van der Waals surface area (Å²) in [7, 11) is 0. The molecule has 0 unspecified atom stereocenters. The Morgan fingerprint density at radius 3 is 2.40 bits per heavy atom. The molecule has 0 spiro atoms. The fourth-order valence-corrected chi connectivity index (χ4v) is 3.31. The zero-order valence-corrected chi connectivity index (χ0v) is 17.2. The van der Waals surface area contributed by atoms with Gasteiger partial charge in [-0.15, -0.1) is 0 Å². The van der Waals surface area contributed by atoms with Crippen molar-refractivity contribution in [2.45, 2.75) is 0 Å². The zero-order chi connectivity index (χ0) is 21.1. The first-order valence-electron chi connectivity index (χ1n) is 9.07. The van der Waals surface area contributed by atoms with Crippen molar-refractivity contribution in [3.8, 4) is 0 Å². The third-order valence-electron chi connectivity index (χ3n) is 4.53. The predicted molar refractivity (Wildman–Crippen MR) is 120 cm³/mol. The summed E-state index contributed by atoms with van der Waals surface area (Å²) in [5, 5.41) is 13.1. The summed E-state index contributed by atoms with van der Waals surface area (Å²) in [6, 6.07) is 19.4. The molecule has 2 heterocycles. The lowest BCUT2D eigenvalue weighted by atomic mass is 10.0. The van der Waals surface area contributed by atoms with Crippen LogP contribution in [0.1, 0.15) is 21.5 Å². The summed E-state index contributed by atoms with van der Waals surface area (Å²) in [5.41, 5.74) is 2.57. The van der Waals surface area contributed by atoms with E-state index in [1.165, 1.54) is 0 Å². The van der Waals surface area contributed by atoms with E-state index in [9.17, 15) is 14.7 Å². The number of aromatic nitrogens is 2. The second-order valence-electron chi connectivity index (χ2n) is 6.53. The molecule has 0 aliphatic rings. The van der Waals surface area contributed by atoms with E-state index >= 15 is 0 Å². The third-order valence-corrected chi connectivity index (χ3v) is 5.06. The van der Waals surface area contributed by atoms with Gasteiger partial charge in [0.15, 0.2) is 0 Å². The highest BCUT2D eigenvalue weighted by Gasteiger charge is 2.13. The minimum absolute atomic E-state index is 0.184. The summed E-state index contributed by atoms with van der Waals surface area (Å²) >= 11 is 3.34. The molecular formula is C23H16BrN3O3. The van der Waals surface area contributed by atoms with Gasteiger partial charge in [-0.25, -0.2) is 9.78 Å². The number of halogens is 1. The van der Waals surface area contributed by atoms with Crippen LogP contribution in [-0.4, -0.2) is 27.0 Å². The molecule has 0 saturated carbocycles. The topological polar surface area (TPSA) is 95.1 Å². The molecule has 7 heteroatoms. The highest BCUT2D eigenvalue weighted by atomic mass is 79.9. The number of hydrogen-bond donors (Lipinski definition) is 3. The minimum Gasteiger partial charge on any atom is -0.478 e.